The molecular formula is C19H18ClN3O. The van der Waals surface area contributed by atoms with Crippen LogP contribution < -0.4 is 5.32 Å². The predicted octanol–water partition coefficient (Wildman–Crippen LogP) is 4.28. The molecule has 0 bridgehead atoms. The summed E-state index contributed by atoms with van der Waals surface area (Å²) in [6.07, 6.45) is 0.996. The second-order valence-corrected chi connectivity index (χ2v) is 5.66. The molecule has 0 aliphatic carbocycles. The molecule has 1 aromatic heterocycles. The van der Waals surface area contributed by atoms with Gasteiger partial charge in [-0.1, -0.05) is 49.4 Å². The summed E-state index contributed by atoms with van der Waals surface area (Å²) in [6, 6.07) is 19.8. The number of aryl methyl sites for hydroxylation is 1. The minimum Gasteiger partial charge on any atom is -0.310 e. The number of halogens is 1. The van der Waals surface area contributed by atoms with Gasteiger partial charge in [0.05, 0.1) is 11.4 Å². The van der Waals surface area contributed by atoms with Crippen molar-refractivity contribution in [3.8, 4) is 16.9 Å². The summed E-state index contributed by atoms with van der Waals surface area (Å²) in [7, 11) is 0. The SMILES string of the molecule is CCc1ccc(-c2cc(NC(=O)CCl)n(-c3ccccc3)n2)cc1. The van der Waals surface area contributed by atoms with Crippen molar-refractivity contribution < 1.29 is 4.79 Å². The molecule has 122 valence electrons. The number of nitrogens with one attached hydrogen (secondary N) is 1. The van der Waals surface area contributed by atoms with Crippen LogP contribution in [0.4, 0.5) is 5.82 Å². The molecule has 2 aromatic carbocycles. The van der Waals surface area contributed by atoms with Gasteiger partial charge in [0.1, 0.15) is 11.7 Å². The predicted molar refractivity (Wildman–Crippen MR) is 97.7 cm³/mol. The zero-order valence-electron chi connectivity index (χ0n) is 13.4. The average molecular weight is 340 g/mol. The molecule has 0 fully saturated rings. The van der Waals surface area contributed by atoms with Gasteiger partial charge in [0, 0.05) is 11.6 Å². The van der Waals surface area contributed by atoms with Crippen LogP contribution in [0.2, 0.25) is 0 Å². The number of hydrogen-bond acceptors (Lipinski definition) is 2. The number of alkyl halides is 1. The molecule has 3 rings (SSSR count). The van der Waals surface area contributed by atoms with Gasteiger partial charge in [-0.2, -0.15) is 5.10 Å². The smallest absolute Gasteiger partial charge is 0.240 e. The zero-order valence-corrected chi connectivity index (χ0v) is 14.1. The van der Waals surface area contributed by atoms with Crippen LogP contribution in [-0.4, -0.2) is 21.6 Å². The Hall–Kier alpha value is -2.59. The lowest BCUT2D eigenvalue weighted by Gasteiger charge is -2.07. The molecule has 1 amide bonds. The highest BCUT2D eigenvalue weighted by molar-refractivity contribution is 6.29. The van der Waals surface area contributed by atoms with Gasteiger partial charge in [-0.15, -0.1) is 11.6 Å². The zero-order chi connectivity index (χ0) is 16.9. The maximum Gasteiger partial charge on any atom is 0.240 e. The molecule has 0 unspecified atom stereocenters. The number of anilines is 1. The second-order valence-electron chi connectivity index (χ2n) is 5.39. The van der Waals surface area contributed by atoms with Crippen molar-refractivity contribution in [2.75, 3.05) is 11.2 Å². The minimum absolute atomic E-state index is 0.0967. The van der Waals surface area contributed by atoms with E-state index in [4.69, 9.17) is 11.6 Å². The highest BCUT2D eigenvalue weighted by Gasteiger charge is 2.13. The summed E-state index contributed by atoms with van der Waals surface area (Å²) in [5.41, 5.74) is 3.95. The first-order valence-electron chi connectivity index (χ1n) is 7.82. The molecule has 24 heavy (non-hydrogen) atoms. The normalized spacial score (nSPS) is 10.6. The van der Waals surface area contributed by atoms with Gasteiger partial charge < -0.3 is 5.32 Å². The van der Waals surface area contributed by atoms with Crippen LogP contribution in [0.15, 0.2) is 60.7 Å². The molecule has 0 radical (unpaired) electrons. The van der Waals surface area contributed by atoms with E-state index in [1.54, 1.807) is 4.68 Å². The summed E-state index contributed by atoms with van der Waals surface area (Å²) in [6.45, 7) is 2.12. The summed E-state index contributed by atoms with van der Waals surface area (Å²) in [4.78, 5) is 11.7. The third kappa shape index (κ3) is 3.49. The largest absolute Gasteiger partial charge is 0.310 e. The highest BCUT2D eigenvalue weighted by atomic mass is 35.5. The molecule has 0 saturated heterocycles. The Morgan fingerprint density at radius 3 is 2.46 bits per heavy atom. The van der Waals surface area contributed by atoms with E-state index in [0.29, 0.717) is 5.82 Å². The lowest BCUT2D eigenvalue weighted by molar-refractivity contribution is -0.114. The quantitative estimate of drug-likeness (QED) is 0.705. The first-order chi connectivity index (χ1) is 11.7. The van der Waals surface area contributed by atoms with Crippen molar-refractivity contribution in [1.29, 1.82) is 0 Å². The van der Waals surface area contributed by atoms with Crippen LogP contribution in [0.5, 0.6) is 0 Å². The number of carbonyl (C=O) groups is 1. The van der Waals surface area contributed by atoms with Crippen molar-refractivity contribution in [3.05, 3.63) is 66.2 Å². The molecule has 1 N–H and O–H groups in total. The third-order valence-corrected chi connectivity index (χ3v) is 4.00. The van der Waals surface area contributed by atoms with Gasteiger partial charge in [0.25, 0.3) is 0 Å². The van der Waals surface area contributed by atoms with Crippen LogP contribution >= 0.6 is 11.6 Å². The number of aromatic nitrogens is 2. The van der Waals surface area contributed by atoms with Gasteiger partial charge in [0.15, 0.2) is 0 Å². The van der Waals surface area contributed by atoms with Crippen LogP contribution in [0, 0.1) is 0 Å². The Morgan fingerprint density at radius 2 is 1.83 bits per heavy atom. The average Bonchev–Trinajstić information content (AvgIpc) is 3.06. The molecular weight excluding hydrogens is 322 g/mol. The van der Waals surface area contributed by atoms with Crippen LogP contribution in [0.25, 0.3) is 16.9 Å². The van der Waals surface area contributed by atoms with Gasteiger partial charge in [-0.05, 0) is 24.1 Å². The third-order valence-electron chi connectivity index (χ3n) is 3.76. The minimum atomic E-state index is -0.262. The van der Waals surface area contributed by atoms with Gasteiger partial charge >= 0.3 is 0 Å². The van der Waals surface area contributed by atoms with Gasteiger partial charge in [-0.25, -0.2) is 4.68 Å². The lowest BCUT2D eigenvalue weighted by Crippen LogP contribution is -2.15. The van der Waals surface area contributed by atoms with Gasteiger partial charge in [0.2, 0.25) is 5.91 Å². The van der Waals surface area contributed by atoms with Gasteiger partial charge in [-0.3, -0.25) is 4.79 Å². The van der Waals surface area contributed by atoms with E-state index in [0.717, 1.165) is 23.4 Å². The highest BCUT2D eigenvalue weighted by Crippen LogP contribution is 2.25. The first kappa shape index (κ1) is 16.3. The monoisotopic (exact) mass is 339 g/mol. The van der Waals surface area contributed by atoms with Crippen LogP contribution in [0.3, 0.4) is 0 Å². The summed E-state index contributed by atoms with van der Waals surface area (Å²) < 4.78 is 1.72. The summed E-state index contributed by atoms with van der Waals surface area (Å²) in [5, 5.41) is 7.45. The Morgan fingerprint density at radius 1 is 1.12 bits per heavy atom. The molecule has 5 heteroatoms. The van der Waals surface area contributed by atoms with Crippen LogP contribution in [-0.2, 0) is 11.2 Å². The Labute approximate surface area is 146 Å². The van der Waals surface area contributed by atoms with E-state index in [1.807, 2.05) is 48.5 Å². The number of amides is 1. The number of benzene rings is 2. The van der Waals surface area contributed by atoms with Crippen molar-refractivity contribution in [1.82, 2.24) is 9.78 Å². The van der Waals surface area contributed by atoms with E-state index in [-0.39, 0.29) is 11.8 Å². The molecule has 0 atom stereocenters. The fourth-order valence-electron chi connectivity index (χ4n) is 2.46. The van der Waals surface area contributed by atoms with E-state index < -0.39 is 0 Å². The topological polar surface area (TPSA) is 46.9 Å². The number of para-hydroxylation sites is 1. The summed E-state index contributed by atoms with van der Waals surface area (Å²) >= 11 is 5.62. The molecule has 0 aliphatic rings. The van der Waals surface area contributed by atoms with Crippen molar-refractivity contribution in [2.45, 2.75) is 13.3 Å². The number of hydrogen-bond donors (Lipinski definition) is 1. The van der Waals surface area contributed by atoms with Crippen LogP contribution in [0.1, 0.15) is 12.5 Å². The van der Waals surface area contributed by atoms with E-state index >= 15 is 0 Å². The Kier molecular flexibility index (Phi) is 4.96. The Bertz CT molecular complexity index is 826. The molecule has 4 nitrogen and oxygen atoms in total. The molecule has 0 spiro atoms. The fourth-order valence-corrected chi connectivity index (χ4v) is 2.53. The molecule has 3 aromatic rings. The lowest BCUT2D eigenvalue weighted by atomic mass is 10.1. The van der Waals surface area contributed by atoms with Crippen molar-refractivity contribution in [3.63, 3.8) is 0 Å². The molecule has 0 aliphatic heterocycles. The Balaban J connectivity index is 2.03. The second kappa shape index (κ2) is 7.32. The van der Waals surface area contributed by atoms with Crippen molar-refractivity contribution in [2.24, 2.45) is 0 Å². The number of nitrogens with zero attached hydrogens (tertiary/aromatic N) is 2. The number of rotatable bonds is 5. The van der Waals surface area contributed by atoms with E-state index in [2.05, 4.69) is 29.5 Å². The number of carbonyl (C=O) groups excluding carboxylic acids is 1. The van der Waals surface area contributed by atoms with Crippen molar-refractivity contribution >= 4 is 23.3 Å². The molecule has 0 saturated carbocycles. The molecule has 1 heterocycles. The standard InChI is InChI=1S/C19H18ClN3O/c1-2-14-8-10-15(11-9-14)17-12-18(21-19(24)13-20)23(22-17)16-6-4-3-5-7-16/h3-12H,2,13H2,1H3,(H,21,24). The first-order valence-corrected chi connectivity index (χ1v) is 8.35. The fraction of sp³-hybridized carbons (Fsp3) is 0.158. The van der Waals surface area contributed by atoms with E-state index in [9.17, 15) is 4.79 Å². The maximum absolute atomic E-state index is 11.7. The van der Waals surface area contributed by atoms with E-state index in [1.165, 1.54) is 5.56 Å². The summed E-state index contributed by atoms with van der Waals surface area (Å²) in [5.74, 6) is 0.239. The maximum atomic E-state index is 11.7.